The van der Waals surface area contributed by atoms with Gasteiger partial charge in [-0.3, -0.25) is 19.3 Å². The van der Waals surface area contributed by atoms with E-state index in [9.17, 15) is 19.2 Å². The monoisotopic (exact) mass is 385 g/mol. The van der Waals surface area contributed by atoms with Crippen molar-refractivity contribution in [1.29, 1.82) is 0 Å². The number of ether oxygens (including phenoxy) is 1. The Bertz CT molecular complexity index is 863. The highest BCUT2D eigenvalue weighted by Crippen LogP contribution is 2.45. The Labute approximate surface area is 163 Å². The van der Waals surface area contributed by atoms with Crippen molar-refractivity contribution in [3.05, 3.63) is 42.0 Å². The van der Waals surface area contributed by atoms with E-state index in [1.54, 1.807) is 24.3 Å². The van der Waals surface area contributed by atoms with E-state index in [1.165, 1.54) is 29.1 Å². The summed E-state index contributed by atoms with van der Waals surface area (Å²) in [6.07, 6.45) is 3.03. The molecular weight excluding hydrogens is 362 g/mol. The van der Waals surface area contributed by atoms with E-state index in [1.807, 2.05) is 13.8 Å². The fraction of sp³-hybridized carbons (Fsp3) is 0.400. The fourth-order valence-electron chi connectivity index (χ4n) is 3.92. The maximum atomic E-state index is 13.3. The lowest BCUT2D eigenvalue weighted by molar-refractivity contribution is -0.135. The molecule has 3 amide bonds. The number of rotatable bonds is 5. The third-order valence-corrected chi connectivity index (χ3v) is 5.02. The number of carbonyl (C=O) groups is 4. The van der Waals surface area contributed by atoms with Crippen LogP contribution < -0.4 is 10.2 Å². The summed E-state index contributed by atoms with van der Waals surface area (Å²) in [4.78, 5) is 53.3. The molecule has 0 radical (unpaired) electrons. The maximum absolute atomic E-state index is 13.3. The van der Waals surface area contributed by atoms with E-state index in [-0.39, 0.29) is 37.2 Å². The van der Waals surface area contributed by atoms with Gasteiger partial charge in [0, 0.05) is 31.5 Å². The summed E-state index contributed by atoms with van der Waals surface area (Å²) in [5.41, 5.74) is -0.567. The Morgan fingerprint density at radius 2 is 2.00 bits per heavy atom. The predicted octanol–water partition coefficient (Wildman–Crippen LogP) is 1.22. The first-order valence-corrected chi connectivity index (χ1v) is 9.13. The molecule has 148 valence electrons. The van der Waals surface area contributed by atoms with E-state index in [0.717, 1.165) is 0 Å². The number of amides is 3. The quantitative estimate of drug-likeness (QED) is 0.607. The van der Waals surface area contributed by atoms with E-state index < -0.39 is 17.5 Å². The highest BCUT2D eigenvalue weighted by molar-refractivity contribution is 6.16. The van der Waals surface area contributed by atoms with Gasteiger partial charge < -0.3 is 15.0 Å². The molecule has 28 heavy (non-hydrogen) atoms. The first-order chi connectivity index (χ1) is 13.3. The van der Waals surface area contributed by atoms with Crippen LogP contribution in [-0.2, 0) is 19.1 Å². The zero-order chi connectivity index (χ0) is 20.5. The number of esters is 1. The van der Waals surface area contributed by atoms with Gasteiger partial charge in [-0.1, -0.05) is 18.2 Å². The lowest BCUT2D eigenvalue weighted by Crippen LogP contribution is -2.71. The van der Waals surface area contributed by atoms with Gasteiger partial charge in [0.05, 0.1) is 18.4 Å². The van der Waals surface area contributed by atoms with Crippen LogP contribution in [0.5, 0.6) is 0 Å². The molecule has 0 aromatic heterocycles. The predicted molar refractivity (Wildman–Crippen MR) is 101 cm³/mol. The van der Waals surface area contributed by atoms with Crippen molar-refractivity contribution < 1.29 is 23.9 Å². The lowest BCUT2D eigenvalue weighted by Gasteiger charge is -2.50. The van der Waals surface area contributed by atoms with Gasteiger partial charge in [-0.2, -0.15) is 0 Å². The van der Waals surface area contributed by atoms with Crippen LogP contribution in [0.2, 0.25) is 0 Å². The second-order valence-electron chi connectivity index (χ2n) is 6.97. The molecule has 2 heterocycles. The first-order valence-electron chi connectivity index (χ1n) is 9.13. The second-order valence-corrected chi connectivity index (χ2v) is 6.97. The standard InChI is InChI=1S/C20H23N3O5/c1-13(2)22-18(26)14-7-4-5-8-15(14)23-16(24)10-11-20(22,23)19(27)21-12-6-9-17(25)28-3/h4-9,13H,10-12H2,1-3H3,(H,21,27)/b9-6+. The third-order valence-electron chi connectivity index (χ3n) is 5.02. The Hall–Kier alpha value is -3.16. The number of nitrogens with zero attached hydrogens (tertiary/aromatic N) is 2. The summed E-state index contributed by atoms with van der Waals surface area (Å²) < 4.78 is 4.51. The first kappa shape index (κ1) is 19.6. The van der Waals surface area contributed by atoms with E-state index in [2.05, 4.69) is 10.1 Å². The van der Waals surface area contributed by atoms with E-state index in [0.29, 0.717) is 11.3 Å². The van der Waals surface area contributed by atoms with Crippen LogP contribution in [0.25, 0.3) is 0 Å². The fourth-order valence-corrected chi connectivity index (χ4v) is 3.92. The molecule has 1 aromatic rings. The van der Waals surface area contributed by atoms with Gasteiger partial charge in [-0.25, -0.2) is 4.79 Å². The number of fused-ring (bicyclic) bond motifs is 3. The molecule has 0 bridgehead atoms. The SMILES string of the molecule is COC(=O)/C=C/CNC(=O)C12CCC(=O)N1c1ccccc1C(=O)N2C(C)C. The smallest absolute Gasteiger partial charge is 0.330 e. The highest BCUT2D eigenvalue weighted by Gasteiger charge is 2.61. The summed E-state index contributed by atoms with van der Waals surface area (Å²) in [5.74, 6) is -1.47. The number of carbonyl (C=O) groups excluding carboxylic acids is 4. The molecule has 1 atom stereocenters. The van der Waals surface area contributed by atoms with Crippen LogP contribution in [0, 0.1) is 0 Å². The van der Waals surface area contributed by atoms with Crippen molar-refractivity contribution in [2.75, 3.05) is 18.6 Å². The summed E-state index contributed by atoms with van der Waals surface area (Å²) in [6.45, 7) is 3.71. The van der Waals surface area contributed by atoms with Crippen molar-refractivity contribution >= 4 is 29.4 Å². The zero-order valence-electron chi connectivity index (χ0n) is 16.1. The molecule has 0 spiro atoms. The number of anilines is 1. The number of para-hydroxylation sites is 1. The Morgan fingerprint density at radius 3 is 2.68 bits per heavy atom. The Kier molecular flexibility index (Phi) is 5.22. The summed E-state index contributed by atoms with van der Waals surface area (Å²) in [7, 11) is 1.26. The lowest BCUT2D eigenvalue weighted by atomic mass is 9.94. The molecule has 3 rings (SSSR count). The van der Waals surface area contributed by atoms with Gasteiger partial charge in [-0.05, 0) is 26.0 Å². The molecule has 0 saturated carbocycles. The van der Waals surface area contributed by atoms with Crippen molar-refractivity contribution in [1.82, 2.24) is 10.2 Å². The normalized spacial score (nSPS) is 21.1. The van der Waals surface area contributed by atoms with Crippen molar-refractivity contribution in [2.45, 2.75) is 38.4 Å². The molecule has 2 aliphatic rings. The molecule has 2 aliphatic heterocycles. The average Bonchev–Trinajstić information content (AvgIpc) is 3.03. The van der Waals surface area contributed by atoms with Gasteiger partial charge in [-0.15, -0.1) is 0 Å². The number of nitrogens with one attached hydrogen (secondary N) is 1. The van der Waals surface area contributed by atoms with Gasteiger partial charge >= 0.3 is 5.97 Å². The van der Waals surface area contributed by atoms with Crippen molar-refractivity contribution in [2.24, 2.45) is 0 Å². The van der Waals surface area contributed by atoms with E-state index in [4.69, 9.17) is 0 Å². The van der Waals surface area contributed by atoms with Crippen LogP contribution in [-0.4, -0.2) is 54.0 Å². The molecule has 1 N–H and O–H groups in total. The molecule has 1 fully saturated rings. The maximum Gasteiger partial charge on any atom is 0.330 e. The summed E-state index contributed by atoms with van der Waals surface area (Å²) >= 11 is 0. The van der Waals surface area contributed by atoms with E-state index >= 15 is 0 Å². The van der Waals surface area contributed by atoms with Gasteiger partial charge in [0.25, 0.3) is 11.8 Å². The van der Waals surface area contributed by atoms with Crippen LogP contribution in [0.4, 0.5) is 5.69 Å². The summed E-state index contributed by atoms with van der Waals surface area (Å²) in [5, 5.41) is 2.73. The second kappa shape index (κ2) is 7.46. The number of benzene rings is 1. The zero-order valence-corrected chi connectivity index (χ0v) is 16.1. The molecule has 1 unspecified atom stereocenters. The molecule has 8 nitrogen and oxygen atoms in total. The number of hydrogen-bond acceptors (Lipinski definition) is 5. The van der Waals surface area contributed by atoms with Crippen LogP contribution in [0.15, 0.2) is 36.4 Å². The highest BCUT2D eigenvalue weighted by atomic mass is 16.5. The number of hydrogen-bond donors (Lipinski definition) is 1. The molecule has 0 aliphatic carbocycles. The average molecular weight is 385 g/mol. The largest absolute Gasteiger partial charge is 0.466 e. The number of methoxy groups -OCH3 is 1. The van der Waals surface area contributed by atoms with Gasteiger partial charge in [0.1, 0.15) is 0 Å². The van der Waals surface area contributed by atoms with Crippen LogP contribution in [0.3, 0.4) is 0 Å². The topological polar surface area (TPSA) is 96.0 Å². The van der Waals surface area contributed by atoms with Crippen molar-refractivity contribution in [3.8, 4) is 0 Å². The third kappa shape index (κ3) is 2.94. The van der Waals surface area contributed by atoms with Crippen molar-refractivity contribution in [3.63, 3.8) is 0 Å². The van der Waals surface area contributed by atoms with Gasteiger partial charge in [0.2, 0.25) is 11.6 Å². The molecule has 1 aromatic carbocycles. The minimum atomic E-state index is -1.42. The summed E-state index contributed by atoms with van der Waals surface area (Å²) in [6, 6.07) is 6.53. The van der Waals surface area contributed by atoms with Gasteiger partial charge in [0.15, 0.2) is 0 Å². The molecule has 1 saturated heterocycles. The minimum absolute atomic E-state index is 0.0689. The minimum Gasteiger partial charge on any atom is -0.466 e. The Balaban J connectivity index is 2.01. The molecule has 8 heteroatoms. The molecular formula is C20H23N3O5. The van der Waals surface area contributed by atoms with Crippen LogP contribution in [0.1, 0.15) is 37.0 Å². The Morgan fingerprint density at radius 1 is 1.29 bits per heavy atom. The van der Waals surface area contributed by atoms with Crippen LogP contribution >= 0.6 is 0 Å².